The van der Waals surface area contributed by atoms with Crippen molar-refractivity contribution in [2.75, 3.05) is 34.3 Å². The van der Waals surface area contributed by atoms with E-state index in [4.69, 9.17) is 4.74 Å². The summed E-state index contributed by atoms with van der Waals surface area (Å²) in [6.07, 6.45) is 0. The molecule has 0 radical (unpaired) electrons. The molecule has 0 aliphatic carbocycles. The zero-order valence-electron chi connectivity index (χ0n) is 10.9. The van der Waals surface area contributed by atoms with Crippen LogP contribution in [0.2, 0.25) is 0 Å². The number of methoxy groups -OCH3 is 1. The SMILES string of the molecule is CNCCN(C)C(=O)c1cc(C)ccc1OC. The summed E-state index contributed by atoms with van der Waals surface area (Å²) in [6.45, 7) is 3.41. The van der Waals surface area contributed by atoms with Gasteiger partial charge in [0.1, 0.15) is 5.75 Å². The molecule has 0 aliphatic rings. The summed E-state index contributed by atoms with van der Waals surface area (Å²) in [5, 5.41) is 3.02. The fourth-order valence-electron chi connectivity index (χ4n) is 1.58. The molecule has 0 spiro atoms. The van der Waals surface area contributed by atoms with Crippen LogP contribution in [0, 0.1) is 6.92 Å². The lowest BCUT2D eigenvalue weighted by Crippen LogP contribution is -2.33. The topological polar surface area (TPSA) is 41.6 Å². The van der Waals surface area contributed by atoms with Crippen molar-refractivity contribution in [1.29, 1.82) is 0 Å². The molecule has 0 aliphatic heterocycles. The lowest BCUT2D eigenvalue weighted by Gasteiger charge is -2.18. The van der Waals surface area contributed by atoms with Crippen LogP contribution in [0.15, 0.2) is 18.2 Å². The Morgan fingerprint density at radius 3 is 2.76 bits per heavy atom. The number of hydrogen-bond donors (Lipinski definition) is 1. The standard InChI is InChI=1S/C13H20N2O2/c1-10-5-6-12(17-4)11(9-10)13(16)15(3)8-7-14-2/h5-6,9,14H,7-8H2,1-4H3. The molecule has 0 aromatic heterocycles. The first kappa shape index (κ1) is 13.5. The van der Waals surface area contributed by atoms with Crippen molar-refractivity contribution in [3.8, 4) is 5.75 Å². The van der Waals surface area contributed by atoms with E-state index in [9.17, 15) is 4.79 Å². The van der Waals surface area contributed by atoms with E-state index >= 15 is 0 Å². The molecule has 0 bridgehead atoms. The van der Waals surface area contributed by atoms with Crippen molar-refractivity contribution in [2.45, 2.75) is 6.92 Å². The van der Waals surface area contributed by atoms with Crippen molar-refractivity contribution in [2.24, 2.45) is 0 Å². The Morgan fingerprint density at radius 1 is 1.47 bits per heavy atom. The lowest BCUT2D eigenvalue weighted by molar-refractivity contribution is 0.0793. The number of benzene rings is 1. The molecule has 0 saturated heterocycles. The molecule has 4 nitrogen and oxygen atoms in total. The second-order valence-corrected chi connectivity index (χ2v) is 4.03. The Hall–Kier alpha value is -1.55. The number of carbonyl (C=O) groups excluding carboxylic acids is 1. The van der Waals surface area contributed by atoms with Crippen LogP contribution in [-0.4, -0.2) is 45.1 Å². The highest BCUT2D eigenvalue weighted by molar-refractivity contribution is 5.97. The van der Waals surface area contributed by atoms with Gasteiger partial charge in [0.25, 0.3) is 5.91 Å². The molecule has 94 valence electrons. The first-order valence-corrected chi connectivity index (χ1v) is 5.65. The number of likely N-dealkylation sites (N-methyl/N-ethyl adjacent to an activating group) is 2. The highest BCUT2D eigenvalue weighted by Gasteiger charge is 2.16. The molecular formula is C13H20N2O2. The smallest absolute Gasteiger partial charge is 0.257 e. The molecule has 0 unspecified atom stereocenters. The fraction of sp³-hybridized carbons (Fsp3) is 0.462. The third kappa shape index (κ3) is 3.46. The maximum atomic E-state index is 12.2. The molecule has 1 N–H and O–H groups in total. The molecule has 1 amide bonds. The molecule has 1 aromatic rings. The average Bonchev–Trinajstić information content (AvgIpc) is 2.34. The Kier molecular flexibility index (Phi) is 4.97. The number of ether oxygens (including phenoxy) is 1. The van der Waals surface area contributed by atoms with Crippen molar-refractivity contribution in [1.82, 2.24) is 10.2 Å². The minimum atomic E-state index is -0.0131. The third-order valence-corrected chi connectivity index (χ3v) is 2.63. The highest BCUT2D eigenvalue weighted by atomic mass is 16.5. The van der Waals surface area contributed by atoms with E-state index < -0.39 is 0 Å². The minimum absolute atomic E-state index is 0.0131. The molecule has 4 heteroatoms. The zero-order valence-corrected chi connectivity index (χ0v) is 10.9. The van der Waals surface area contributed by atoms with Crippen molar-refractivity contribution < 1.29 is 9.53 Å². The maximum Gasteiger partial charge on any atom is 0.257 e. The summed E-state index contributed by atoms with van der Waals surface area (Å²) in [4.78, 5) is 13.9. The van der Waals surface area contributed by atoms with Gasteiger partial charge in [0.15, 0.2) is 0 Å². The third-order valence-electron chi connectivity index (χ3n) is 2.63. The number of nitrogens with one attached hydrogen (secondary N) is 1. The van der Waals surface area contributed by atoms with Crippen LogP contribution in [0.25, 0.3) is 0 Å². The number of hydrogen-bond acceptors (Lipinski definition) is 3. The fourth-order valence-corrected chi connectivity index (χ4v) is 1.58. The molecule has 0 atom stereocenters. The number of aryl methyl sites for hydroxylation is 1. The highest BCUT2D eigenvalue weighted by Crippen LogP contribution is 2.20. The number of amides is 1. The van der Waals surface area contributed by atoms with Gasteiger partial charge in [0.2, 0.25) is 0 Å². The van der Waals surface area contributed by atoms with Crippen LogP contribution < -0.4 is 10.1 Å². The molecular weight excluding hydrogens is 216 g/mol. The summed E-state index contributed by atoms with van der Waals surface area (Å²) < 4.78 is 5.21. The minimum Gasteiger partial charge on any atom is -0.496 e. The first-order chi connectivity index (χ1) is 8.10. The van der Waals surface area contributed by atoms with Gasteiger partial charge in [-0.15, -0.1) is 0 Å². The summed E-state index contributed by atoms with van der Waals surface area (Å²) in [7, 11) is 5.24. The molecule has 1 aromatic carbocycles. The summed E-state index contributed by atoms with van der Waals surface area (Å²) in [6, 6.07) is 5.62. The Bertz CT molecular complexity index is 391. The van der Waals surface area contributed by atoms with E-state index in [-0.39, 0.29) is 5.91 Å². The lowest BCUT2D eigenvalue weighted by atomic mass is 10.1. The maximum absolute atomic E-state index is 12.2. The van der Waals surface area contributed by atoms with Gasteiger partial charge < -0.3 is 15.0 Å². The summed E-state index contributed by atoms with van der Waals surface area (Å²) >= 11 is 0. The summed E-state index contributed by atoms with van der Waals surface area (Å²) in [5.74, 6) is 0.609. The van der Waals surface area contributed by atoms with E-state index in [0.717, 1.165) is 12.1 Å². The predicted molar refractivity (Wildman–Crippen MR) is 68.6 cm³/mol. The number of nitrogens with zero attached hydrogens (tertiary/aromatic N) is 1. The van der Waals surface area contributed by atoms with Gasteiger partial charge in [-0.3, -0.25) is 4.79 Å². The molecule has 0 saturated carbocycles. The van der Waals surface area contributed by atoms with Gasteiger partial charge in [0, 0.05) is 20.1 Å². The van der Waals surface area contributed by atoms with Crippen LogP contribution in [0.4, 0.5) is 0 Å². The number of rotatable bonds is 5. The largest absolute Gasteiger partial charge is 0.496 e. The van der Waals surface area contributed by atoms with Gasteiger partial charge in [-0.1, -0.05) is 11.6 Å². The van der Waals surface area contributed by atoms with Gasteiger partial charge in [-0.05, 0) is 26.1 Å². The Balaban J connectivity index is 2.90. The first-order valence-electron chi connectivity index (χ1n) is 5.65. The van der Waals surface area contributed by atoms with Gasteiger partial charge in [0.05, 0.1) is 12.7 Å². The molecule has 17 heavy (non-hydrogen) atoms. The normalized spacial score (nSPS) is 10.1. The predicted octanol–water partition coefficient (Wildman–Crippen LogP) is 1.30. The Morgan fingerprint density at radius 2 is 2.18 bits per heavy atom. The van der Waals surface area contributed by atoms with E-state index in [0.29, 0.717) is 17.9 Å². The van der Waals surface area contributed by atoms with E-state index in [1.165, 1.54) is 0 Å². The van der Waals surface area contributed by atoms with Gasteiger partial charge in [-0.25, -0.2) is 0 Å². The van der Waals surface area contributed by atoms with Crippen molar-refractivity contribution >= 4 is 5.91 Å². The van der Waals surface area contributed by atoms with Crippen molar-refractivity contribution in [3.63, 3.8) is 0 Å². The summed E-state index contributed by atoms with van der Waals surface area (Å²) in [5.41, 5.74) is 1.67. The van der Waals surface area contributed by atoms with Gasteiger partial charge >= 0.3 is 0 Å². The van der Waals surface area contributed by atoms with Crippen LogP contribution in [-0.2, 0) is 0 Å². The monoisotopic (exact) mass is 236 g/mol. The van der Waals surface area contributed by atoms with E-state index in [1.54, 1.807) is 19.1 Å². The van der Waals surface area contributed by atoms with Crippen LogP contribution in [0.5, 0.6) is 5.75 Å². The zero-order chi connectivity index (χ0) is 12.8. The van der Waals surface area contributed by atoms with Crippen LogP contribution in [0.3, 0.4) is 0 Å². The van der Waals surface area contributed by atoms with Crippen LogP contribution in [0.1, 0.15) is 15.9 Å². The van der Waals surface area contributed by atoms with Gasteiger partial charge in [-0.2, -0.15) is 0 Å². The molecule has 1 rings (SSSR count). The number of carbonyl (C=O) groups is 1. The quantitative estimate of drug-likeness (QED) is 0.837. The Labute approximate surface area is 103 Å². The average molecular weight is 236 g/mol. The second kappa shape index (κ2) is 6.25. The van der Waals surface area contributed by atoms with Crippen molar-refractivity contribution in [3.05, 3.63) is 29.3 Å². The molecule has 0 fully saturated rings. The van der Waals surface area contributed by atoms with Crippen LogP contribution >= 0.6 is 0 Å². The second-order valence-electron chi connectivity index (χ2n) is 4.03. The van der Waals surface area contributed by atoms with E-state index in [1.807, 2.05) is 32.2 Å². The van der Waals surface area contributed by atoms with E-state index in [2.05, 4.69) is 5.32 Å². The molecule has 0 heterocycles.